The van der Waals surface area contributed by atoms with Crippen LogP contribution in [0.2, 0.25) is 0 Å². The van der Waals surface area contributed by atoms with Crippen LogP contribution in [0.25, 0.3) is 0 Å². The van der Waals surface area contributed by atoms with E-state index in [0.29, 0.717) is 12.0 Å². The van der Waals surface area contributed by atoms with Crippen LogP contribution < -0.4 is 10.5 Å². The van der Waals surface area contributed by atoms with Gasteiger partial charge in [0.15, 0.2) is 0 Å². The number of nitrogen functional groups attached to an aromatic ring is 1. The molecule has 1 aromatic rings. The Morgan fingerprint density at radius 3 is 2.62 bits per heavy atom. The summed E-state index contributed by atoms with van der Waals surface area (Å²) in [4.78, 5) is -0.399. The monoisotopic (exact) mass is 246 g/mol. The Bertz CT molecular complexity index is 486. The van der Waals surface area contributed by atoms with Crippen molar-refractivity contribution >= 4 is 15.7 Å². The van der Waals surface area contributed by atoms with Gasteiger partial charge in [-0.05, 0) is 31.0 Å². The average molecular weight is 246 g/mol. The van der Waals surface area contributed by atoms with Crippen molar-refractivity contribution < 1.29 is 12.8 Å². The maximum atomic E-state index is 13.5. The van der Waals surface area contributed by atoms with Gasteiger partial charge in [0, 0.05) is 12.2 Å². The first kappa shape index (κ1) is 12.9. The fraction of sp³-hybridized carbons (Fsp3) is 0.400. The maximum absolute atomic E-state index is 13.5. The molecular weight excluding hydrogens is 231 g/mol. The number of hydrogen-bond donors (Lipinski definition) is 2. The summed E-state index contributed by atoms with van der Waals surface area (Å²) in [6.45, 7) is 3.71. The van der Waals surface area contributed by atoms with E-state index in [0.717, 1.165) is 12.1 Å². The van der Waals surface area contributed by atoms with Crippen molar-refractivity contribution in [2.24, 2.45) is 0 Å². The van der Waals surface area contributed by atoms with E-state index in [1.165, 1.54) is 0 Å². The lowest BCUT2D eigenvalue weighted by Gasteiger charge is -2.09. The molecule has 0 saturated carbocycles. The SMILES string of the molecule is CCCNS(=O)(=O)c1cc(N)c(C)cc1F. The second kappa shape index (κ2) is 4.80. The molecule has 6 heteroatoms. The molecule has 0 amide bonds. The van der Waals surface area contributed by atoms with E-state index in [9.17, 15) is 12.8 Å². The van der Waals surface area contributed by atoms with Crippen LogP contribution in [0.5, 0.6) is 0 Å². The molecule has 0 bridgehead atoms. The molecular formula is C10H15FN2O2S. The number of hydrogen-bond acceptors (Lipinski definition) is 3. The Balaban J connectivity index is 3.18. The van der Waals surface area contributed by atoms with E-state index >= 15 is 0 Å². The van der Waals surface area contributed by atoms with Gasteiger partial charge < -0.3 is 5.73 Å². The molecule has 0 saturated heterocycles. The number of aryl methyl sites for hydroxylation is 1. The average Bonchev–Trinajstić information content (AvgIpc) is 2.20. The number of nitrogens with one attached hydrogen (secondary N) is 1. The zero-order chi connectivity index (χ0) is 12.3. The van der Waals surface area contributed by atoms with Crippen LogP contribution in [0, 0.1) is 12.7 Å². The molecule has 0 radical (unpaired) electrons. The predicted octanol–water partition coefficient (Wildman–Crippen LogP) is 1.40. The number of halogens is 1. The van der Waals surface area contributed by atoms with E-state index in [4.69, 9.17) is 5.73 Å². The molecule has 3 N–H and O–H groups in total. The molecule has 4 nitrogen and oxygen atoms in total. The van der Waals surface area contributed by atoms with Gasteiger partial charge in [0.05, 0.1) is 0 Å². The van der Waals surface area contributed by atoms with Gasteiger partial charge in [-0.15, -0.1) is 0 Å². The van der Waals surface area contributed by atoms with Crippen LogP contribution in [0.3, 0.4) is 0 Å². The first-order valence-electron chi connectivity index (χ1n) is 4.93. The molecule has 90 valence electrons. The van der Waals surface area contributed by atoms with Crippen LogP contribution in [0.15, 0.2) is 17.0 Å². The Kier molecular flexibility index (Phi) is 3.88. The first-order chi connectivity index (χ1) is 7.38. The highest BCUT2D eigenvalue weighted by Gasteiger charge is 2.19. The lowest BCUT2D eigenvalue weighted by Crippen LogP contribution is -2.25. The summed E-state index contributed by atoms with van der Waals surface area (Å²) >= 11 is 0. The maximum Gasteiger partial charge on any atom is 0.243 e. The van der Waals surface area contributed by atoms with Crippen molar-refractivity contribution in [3.8, 4) is 0 Å². The molecule has 0 aliphatic carbocycles. The highest BCUT2D eigenvalue weighted by Crippen LogP contribution is 2.21. The summed E-state index contributed by atoms with van der Waals surface area (Å²) in [5, 5.41) is 0. The van der Waals surface area contributed by atoms with E-state index in [1.54, 1.807) is 6.92 Å². The topological polar surface area (TPSA) is 72.2 Å². The van der Waals surface area contributed by atoms with Crippen LogP contribution in [0.1, 0.15) is 18.9 Å². The molecule has 0 atom stereocenters. The first-order valence-corrected chi connectivity index (χ1v) is 6.42. The molecule has 0 spiro atoms. The van der Waals surface area contributed by atoms with Crippen LogP contribution in [0.4, 0.5) is 10.1 Å². The molecule has 0 unspecified atom stereocenters. The smallest absolute Gasteiger partial charge is 0.243 e. The van der Waals surface area contributed by atoms with Gasteiger partial charge in [-0.3, -0.25) is 0 Å². The predicted molar refractivity (Wildman–Crippen MR) is 61.0 cm³/mol. The number of rotatable bonds is 4. The number of sulfonamides is 1. The van der Waals surface area contributed by atoms with E-state index in [2.05, 4.69) is 4.72 Å². The molecule has 0 fully saturated rings. The molecule has 0 aromatic heterocycles. The summed E-state index contributed by atoms with van der Waals surface area (Å²) in [6.07, 6.45) is 0.641. The van der Waals surface area contributed by atoms with Crippen LogP contribution in [-0.2, 0) is 10.0 Å². The molecule has 1 aromatic carbocycles. The van der Waals surface area contributed by atoms with E-state index in [1.807, 2.05) is 6.92 Å². The fourth-order valence-corrected chi connectivity index (χ4v) is 2.41. The van der Waals surface area contributed by atoms with E-state index < -0.39 is 20.7 Å². The van der Waals surface area contributed by atoms with Gasteiger partial charge in [0.1, 0.15) is 10.7 Å². The van der Waals surface area contributed by atoms with Gasteiger partial charge in [-0.2, -0.15) is 0 Å². The van der Waals surface area contributed by atoms with Crippen molar-refractivity contribution in [1.29, 1.82) is 0 Å². The van der Waals surface area contributed by atoms with Crippen molar-refractivity contribution in [3.63, 3.8) is 0 Å². The standard InChI is InChI=1S/C10H15FN2O2S/c1-3-4-13-16(14,15)10-6-9(12)7(2)5-8(10)11/h5-6,13H,3-4,12H2,1-2H3. The fourth-order valence-electron chi connectivity index (χ4n) is 1.19. The van der Waals surface area contributed by atoms with Crippen molar-refractivity contribution in [2.75, 3.05) is 12.3 Å². The minimum absolute atomic E-state index is 0.262. The Labute approximate surface area is 94.7 Å². The second-order valence-electron chi connectivity index (χ2n) is 3.54. The third kappa shape index (κ3) is 2.70. The summed E-state index contributed by atoms with van der Waals surface area (Å²) in [5.74, 6) is -0.782. The van der Waals surface area contributed by atoms with Crippen molar-refractivity contribution in [3.05, 3.63) is 23.5 Å². The van der Waals surface area contributed by atoms with Crippen molar-refractivity contribution in [2.45, 2.75) is 25.2 Å². The highest BCUT2D eigenvalue weighted by atomic mass is 32.2. The largest absolute Gasteiger partial charge is 0.398 e. The summed E-state index contributed by atoms with van der Waals surface area (Å²) in [7, 11) is -3.80. The quantitative estimate of drug-likeness (QED) is 0.789. The molecule has 16 heavy (non-hydrogen) atoms. The molecule has 1 rings (SSSR count). The summed E-state index contributed by atoms with van der Waals surface area (Å²) in [5.41, 5.74) is 6.34. The minimum Gasteiger partial charge on any atom is -0.398 e. The van der Waals surface area contributed by atoms with Crippen LogP contribution >= 0.6 is 0 Å². The number of benzene rings is 1. The second-order valence-corrected chi connectivity index (χ2v) is 5.27. The molecule has 0 heterocycles. The van der Waals surface area contributed by atoms with Gasteiger partial charge in [-0.1, -0.05) is 6.92 Å². The minimum atomic E-state index is -3.80. The van der Waals surface area contributed by atoms with Gasteiger partial charge in [0.25, 0.3) is 0 Å². The molecule has 0 aliphatic heterocycles. The summed E-state index contributed by atoms with van der Waals surface area (Å²) in [6, 6.07) is 2.26. The highest BCUT2D eigenvalue weighted by molar-refractivity contribution is 7.89. The third-order valence-electron chi connectivity index (χ3n) is 2.15. The van der Waals surface area contributed by atoms with Gasteiger partial charge in [-0.25, -0.2) is 17.5 Å². The van der Waals surface area contributed by atoms with Gasteiger partial charge in [0.2, 0.25) is 10.0 Å². The van der Waals surface area contributed by atoms with Gasteiger partial charge >= 0.3 is 0 Å². The lowest BCUT2D eigenvalue weighted by molar-refractivity contribution is 0.556. The molecule has 0 aliphatic rings. The van der Waals surface area contributed by atoms with Crippen LogP contribution in [-0.4, -0.2) is 15.0 Å². The Morgan fingerprint density at radius 1 is 1.44 bits per heavy atom. The third-order valence-corrected chi connectivity index (χ3v) is 3.63. The Hall–Kier alpha value is -1.14. The van der Waals surface area contributed by atoms with E-state index in [-0.39, 0.29) is 12.2 Å². The zero-order valence-corrected chi connectivity index (χ0v) is 10.1. The number of anilines is 1. The number of nitrogens with two attached hydrogens (primary N) is 1. The van der Waals surface area contributed by atoms with Crippen molar-refractivity contribution in [1.82, 2.24) is 4.72 Å². The summed E-state index contributed by atoms with van der Waals surface area (Å²) < 4.78 is 39.1. The lowest BCUT2D eigenvalue weighted by atomic mass is 10.2. The normalized spacial score (nSPS) is 11.7. The zero-order valence-electron chi connectivity index (χ0n) is 9.25. The Morgan fingerprint density at radius 2 is 2.06 bits per heavy atom.